The van der Waals surface area contributed by atoms with Crippen LogP contribution in [0.5, 0.6) is 5.75 Å². The van der Waals surface area contributed by atoms with E-state index >= 15 is 0 Å². The first kappa shape index (κ1) is 17.0. The van der Waals surface area contributed by atoms with Crippen LogP contribution in [0.1, 0.15) is 0 Å². The van der Waals surface area contributed by atoms with Gasteiger partial charge in [0.25, 0.3) is 0 Å². The molecule has 0 aliphatic heterocycles. The summed E-state index contributed by atoms with van der Waals surface area (Å²) >= 11 is 2.16. The van der Waals surface area contributed by atoms with Gasteiger partial charge < -0.3 is 4.18 Å². The number of nitrogens with zero attached hydrogens (tertiary/aromatic N) is 2. The summed E-state index contributed by atoms with van der Waals surface area (Å²) in [7, 11) is -5.70. The topological polar surface area (TPSA) is 61.2 Å². The summed E-state index contributed by atoms with van der Waals surface area (Å²) in [6, 6.07) is 11.1. The predicted octanol–water partition coefficient (Wildman–Crippen LogP) is 3.86. The standard InChI is InChI=1S/C14H8F3IN2O3S/c15-14(16,17)24(21,22)23-12-5-6-13-9(7-12)8-20(19-13)11-3-1-10(18)2-4-11/h1-8H. The highest BCUT2D eigenvalue weighted by Gasteiger charge is 2.48. The first-order valence-corrected chi connectivity index (χ1v) is 8.90. The summed E-state index contributed by atoms with van der Waals surface area (Å²) < 4.78 is 65.9. The third-order valence-corrected chi connectivity index (χ3v) is 4.75. The SMILES string of the molecule is O=S(=O)(Oc1ccc2nn(-c3ccc(I)cc3)cc2c1)C(F)(F)F. The fraction of sp³-hybridized carbons (Fsp3) is 0.0714. The van der Waals surface area contributed by atoms with E-state index in [1.807, 2.05) is 24.3 Å². The zero-order valence-corrected chi connectivity index (χ0v) is 14.6. The minimum Gasteiger partial charge on any atom is -0.376 e. The maximum Gasteiger partial charge on any atom is 0.534 e. The zero-order valence-electron chi connectivity index (χ0n) is 11.7. The van der Waals surface area contributed by atoms with Crippen LogP contribution in [0.2, 0.25) is 0 Å². The van der Waals surface area contributed by atoms with Gasteiger partial charge in [0.15, 0.2) is 0 Å². The maximum atomic E-state index is 12.4. The van der Waals surface area contributed by atoms with Gasteiger partial charge in [-0.2, -0.15) is 26.7 Å². The van der Waals surface area contributed by atoms with Gasteiger partial charge in [0, 0.05) is 15.2 Å². The lowest BCUT2D eigenvalue weighted by molar-refractivity contribution is -0.0500. The van der Waals surface area contributed by atoms with Gasteiger partial charge in [0.1, 0.15) is 5.75 Å². The first-order chi connectivity index (χ1) is 11.2. The minimum atomic E-state index is -5.70. The number of halogens is 4. The molecule has 0 amide bonds. The van der Waals surface area contributed by atoms with Crippen molar-refractivity contribution < 1.29 is 25.8 Å². The van der Waals surface area contributed by atoms with E-state index in [1.165, 1.54) is 12.1 Å². The average molecular weight is 468 g/mol. The highest BCUT2D eigenvalue weighted by molar-refractivity contribution is 14.1. The van der Waals surface area contributed by atoms with E-state index in [9.17, 15) is 21.6 Å². The highest BCUT2D eigenvalue weighted by Crippen LogP contribution is 2.29. The Hall–Kier alpha value is -1.82. The van der Waals surface area contributed by atoms with Crippen LogP contribution in [-0.4, -0.2) is 23.7 Å². The minimum absolute atomic E-state index is 0.429. The van der Waals surface area contributed by atoms with Crippen LogP contribution in [0.4, 0.5) is 13.2 Å². The molecule has 0 fully saturated rings. The molecular formula is C14H8F3IN2O3S. The van der Waals surface area contributed by atoms with Gasteiger partial charge >= 0.3 is 15.6 Å². The third-order valence-electron chi connectivity index (χ3n) is 3.06. The monoisotopic (exact) mass is 468 g/mol. The van der Waals surface area contributed by atoms with Gasteiger partial charge in [0.2, 0.25) is 0 Å². The molecule has 10 heteroatoms. The summed E-state index contributed by atoms with van der Waals surface area (Å²) in [6.45, 7) is 0. The van der Waals surface area contributed by atoms with Crippen molar-refractivity contribution in [2.24, 2.45) is 0 Å². The number of rotatable bonds is 3. The quantitative estimate of drug-likeness (QED) is 0.333. The second-order valence-electron chi connectivity index (χ2n) is 4.75. The third kappa shape index (κ3) is 3.34. The van der Waals surface area contributed by atoms with Crippen molar-refractivity contribution in [3.8, 4) is 11.4 Å². The highest BCUT2D eigenvalue weighted by atomic mass is 127. The molecule has 2 aromatic carbocycles. The molecule has 0 aliphatic rings. The van der Waals surface area contributed by atoms with Crippen LogP contribution in [0.25, 0.3) is 16.6 Å². The molecular weight excluding hydrogens is 460 g/mol. The molecule has 0 radical (unpaired) electrons. The number of aromatic nitrogens is 2. The summed E-state index contributed by atoms with van der Waals surface area (Å²) in [6.07, 6.45) is 1.57. The zero-order chi connectivity index (χ0) is 17.5. The van der Waals surface area contributed by atoms with Crippen LogP contribution in [0, 0.1) is 3.57 Å². The Balaban J connectivity index is 1.96. The van der Waals surface area contributed by atoms with Crippen molar-refractivity contribution in [1.82, 2.24) is 9.78 Å². The van der Waals surface area contributed by atoms with Crippen LogP contribution < -0.4 is 4.18 Å². The smallest absolute Gasteiger partial charge is 0.376 e. The summed E-state index contributed by atoms with van der Waals surface area (Å²) in [5.74, 6) is -0.429. The molecule has 0 unspecified atom stereocenters. The lowest BCUT2D eigenvalue weighted by atomic mass is 10.2. The van der Waals surface area contributed by atoms with Crippen LogP contribution in [-0.2, 0) is 10.1 Å². The molecule has 3 aromatic rings. The summed E-state index contributed by atoms with van der Waals surface area (Å²) in [5.41, 5.74) is -4.23. The molecule has 0 atom stereocenters. The summed E-state index contributed by atoms with van der Waals surface area (Å²) in [4.78, 5) is 0. The van der Waals surface area contributed by atoms with E-state index in [-0.39, 0.29) is 0 Å². The number of benzene rings is 2. The lowest BCUT2D eigenvalue weighted by Gasteiger charge is -2.08. The van der Waals surface area contributed by atoms with Crippen molar-refractivity contribution >= 4 is 43.6 Å². The van der Waals surface area contributed by atoms with Crippen molar-refractivity contribution in [2.75, 3.05) is 0 Å². The fourth-order valence-corrected chi connectivity index (χ4v) is 2.77. The van der Waals surface area contributed by atoms with Crippen LogP contribution in [0.15, 0.2) is 48.7 Å². The molecule has 0 bridgehead atoms. The average Bonchev–Trinajstić information content (AvgIpc) is 2.89. The summed E-state index contributed by atoms with van der Waals surface area (Å²) in [5, 5.41) is 4.73. The van der Waals surface area contributed by atoms with E-state index in [2.05, 4.69) is 31.9 Å². The Morgan fingerprint density at radius 1 is 1.08 bits per heavy atom. The second kappa shape index (κ2) is 5.92. The van der Waals surface area contributed by atoms with Crippen molar-refractivity contribution in [3.05, 3.63) is 52.2 Å². The molecule has 126 valence electrons. The Kier molecular flexibility index (Phi) is 4.20. The van der Waals surface area contributed by atoms with Crippen molar-refractivity contribution in [2.45, 2.75) is 5.51 Å². The second-order valence-corrected chi connectivity index (χ2v) is 7.54. The first-order valence-electron chi connectivity index (χ1n) is 6.42. The molecule has 1 aromatic heterocycles. The van der Waals surface area contributed by atoms with E-state index in [4.69, 9.17) is 0 Å². The van der Waals surface area contributed by atoms with E-state index in [0.717, 1.165) is 15.3 Å². The molecule has 0 saturated heterocycles. The molecule has 0 saturated carbocycles. The molecule has 0 aliphatic carbocycles. The van der Waals surface area contributed by atoms with Gasteiger partial charge in [-0.1, -0.05) is 0 Å². The van der Waals surface area contributed by atoms with Gasteiger partial charge in [-0.15, -0.1) is 0 Å². The van der Waals surface area contributed by atoms with Crippen molar-refractivity contribution in [1.29, 1.82) is 0 Å². The molecule has 0 spiro atoms. The van der Waals surface area contributed by atoms with E-state index in [1.54, 1.807) is 10.9 Å². The van der Waals surface area contributed by atoms with Crippen molar-refractivity contribution in [3.63, 3.8) is 0 Å². The normalized spacial score (nSPS) is 12.5. The van der Waals surface area contributed by atoms with E-state index in [0.29, 0.717) is 10.9 Å². The Morgan fingerprint density at radius 2 is 1.75 bits per heavy atom. The fourth-order valence-electron chi connectivity index (χ4n) is 1.96. The number of hydrogen-bond acceptors (Lipinski definition) is 4. The molecule has 3 rings (SSSR count). The van der Waals surface area contributed by atoms with Gasteiger partial charge in [-0.05, 0) is 65.1 Å². The van der Waals surface area contributed by atoms with Gasteiger partial charge in [0.05, 0.1) is 11.2 Å². The van der Waals surface area contributed by atoms with Gasteiger partial charge in [-0.25, -0.2) is 4.68 Å². The largest absolute Gasteiger partial charge is 0.534 e. The lowest BCUT2D eigenvalue weighted by Crippen LogP contribution is -2.28. The molecule has 1 heterocycles. The Morgan fingerprint density at radius 3 is 2.38 bits per heavy atom. The molecule has 24 heavy (non-hydrogen) atoms. The maximum absolute atomic E-state index is 12.4. The van der Waals surface area contributed by atoms with Gasteiger partial charge in [-0.3, -0.25) is 0 Å². The molecule has 0 N–H and O–H groups in total. The van der Waals surface area contributed by atoms with E-state index < -0.39 is 21.4 Å². The predicted molar refractivity (Wildman–Crippen MR) is 89.4 cm³/mol. The number of fused-ring (bicyclic) bond motifs is 1. The number of hydrogen-bond donors (Lipinski definition) is 0. The Bertz CT molecular complexity index is 998. The Labute approximate surface area is 148 Å². The van der Waals surface area contributed by atoms with Crippen LogP contribution >= 0.6 is 22.6 Å². The van der Waals surface area contributed by atoms with Crippen LogP contribution in [0.3, 0.4) is 0 Å². The number of alkyl halides is 3. The molecule has 5 nitrogen and oxygen atoms in total.